The molecule has 0 bridgehead atoms. The van der Waals surface area contributed by atoms with Gasteiger partial charge in [-0.3, -0.25) is 9.69 Å². The highest BCUT2D eigenvalue weighted by atomic mass is 35.5. The van der Waals surface area contributed by atoms with Crippen LogP contribution in [0.15, 0.2) is 30.3 Å². The van der Waals surface area contributed by atoms with Crippen LogP contribution in [0.3, 0.4) is 0 Å². The Labute approximate surface area is 158 Å². The summed E-state index contributed by atoms with van der Waals surface area (Å²) < 4.78 is 0. The van der Waals surface area contributed by atoms with Crippen molar-refractivity contribution in [1.29, 1.82) is 0 Å². The highest BCUT2D eigenvalue weighted by molar-refractivity contribution is 5.85. The van der Waals surface area contributed by atoms with Crippen molar-refractivity contribution in [3.63, 3.8) is 0 Å². The lowest BCUT2D eigenvalue weighted by molar-refractivity contribution is -0.123. The third-order valence-electron chi connectivity index (χ3n) is 5.19. The first kappa shape index (κ1) is 21.7. The predicted octanol–water partition coefficient (Wildman–Crippen LogP) is 2.11. The molecule has 0 aromatic heterocycles. The number of nitrogens with one attached hydrogen (secondary N) is 1. The van der Waals surface area contributed by atoms with Gasteiger partial charge in [0, 0.05) is 44.5 Å². The van der Waals surface area contributed by atoms with Crippen molar-refractivity contribution >= 4 is 24.0 Å². The van der Waals surface area contributed by atoms with E-state index in [1.807, 2.05) is 6.92 Å². The molecule has 1 aromatic rings. The van der Waals surface area contributed by atoms with Gasteiger partial charge in [-0.1, -0.05) is 38.5 Å². The van der Waals surface area contributed by atoms with Crippen LogP contribution in [0.4, 0.5) is 5.69 Å². The predicted molar refractivity (Wildman–Crippen MR) is 107 cm³/mol. The minimum Gasteiger partial charge on any atom is -0.369 e. The van der Waals surface area contributed by atoms with E-state index in [0.29, 0.717) is 12.6 Å². The van der Waals surface area contributed by atoms with E-state index >= 15 is 0 Å². The van der Waals surface area contributed by atoms with Crippen LogP contribution in [0.1, 0.15) is 27.2 Å². The molecule has 5 nitrogen and oxygen atoms in total. The van der Waals surface area contributed by atoms with E-state index in [1.165, 1.54) is 5.69 Å². The van der Waals surface area contributed by atoms with Gasteiger partial charge >= 0.3 is 0 Å². The fourth-order valence-electron chi connectivity index (χ4n) is 3.07. The van der Waals surface area contributed by atoms with Crippen molar-refractivity contribution in [1.82, 2.24) is 10.2 Å². The maximum absolute atomic E-state index is 12.1. The number of halogens is 1. The monoisotopic (exact) mass is 368 g/mol. The van der Waals surface area contributed by atoms with Crippen LogP contribution in [0.25, 0.3) is 0 Å². The second-order valence-corrected chi connectivity index (χ2v) is 6.86. The van der Waals surface area contributed by atoms with Gasteiger partial charge in [-0.15, -0.1) is 12.4 Å². The summed E-state index contributed by atoms with van der Waals surface area (Å²) in [6.07, 6.45) is 0.922. The number of piperazine rings is 1. The van der Waals surface area contributed by atoms with Crippen molar-refractivity contribution < 1.29 is 4.79 Å². The van der Waals surface area contributed by atoms with Crippen LogP contribution in [0, 0.1) is 5.92 Å². The number of hydrogen-bond donors (Lipinski definition) is 2. The summed E-state index contributed by atoms with van der Waals surface area (Å²) in [5.74, 6) is 0.189. The van der Waals surface area contributed by atoms with Crippen LogP contribution in [0.5, 0.6) is 0 Å². The summed E-state index contributed by atoms with van der Waals surface area (Å²) in [7, 11) is 0. The third kappa shape index (κ3) is 6.17. The number of rotatable bonds is 7. The normalized spacial score (nSPS) is 18.8. The molecule has 0 aliphatic carbocycles. The van der Waals surface area contributed by atoms with E-state index in [1.54, 1.807) is 0 Å². The fourth-order valence-corrected chi connectivity index (χ4v) is 3.07. The molecule has 0 saturated carbocycles. The lowest BCUT2D eigenvalue weighted by Gasteiger charge is -2.39. The van der Waals surface area contributed by atoms with E-state index in [4.69, 9.17) is 5.73 Å². The molecule has 1 saturated heterocycles. The fraction of sp³-hybridized carbons (Fsp3) is 0.632. The molecular formula is C19H33ClN4O. The summed E-state index contributed by atoms with van der Waals surface area (Å²) in [5.41, 5.74) is 7.28. The molecule has 1 aromatic carbocycles. The number of amides is 1. The molecule has 1 aliphatic rings. The zero-order valence-corrected chi connectivity index (χ0v) is 16.5. The molecule has 1 aliphatic heterocycles. The van der Waals surface area contributed by atoms with Gasteiger partial charge < -0.3 is 16.0 Å². The topological polar surface area (TPSA) is 61.6 Å². The maximum Gasteiger partial charge on any atom is 0.237 e. The zero-order valence-electron chi connectivity index (χ0n) is 15.6. The van der Waals surface area contributed by atoms with Gasteiger partial charge in [0.2, 0.25) is 5.91 Å². The summed E-state index contributed by atoms with van der Waals surface area (Å²) in [4.78, 5) is 17.0. The van der Waals surface area contributed by atoms with Crippen molar-refractivity contribution in [2.75, 3.05) is 37.6 Å². The number of carbonyl (C=O) groups excluding carboxylic acids is 1. The average Bonchev–Trinajstić information content (AvgIpc) is 2.65. The standard InChI is InChI=1S/C19H32N4O.ClH/c1-4-15(2)18(20)19(24)21-14-16(3)22-10-12-23(13-11-22)17-8-6-5-7-9-17;/h5-9,15-16,18H,4,10-14,20H2,1-3H3,(H,21,24);1H. The highest BCUT2D eigenvalue weighted by Crippen LogP contribution is 2.16. The molecule has 3 atom stereocenters. The number of benzene rings is 1. The zero-order chi connectivity index (χ0) is 17.5. The number of nitrogens with zero attached hydrogens (tertiary/aromatic N) is 2. The van der Waals surface area contributed by atoms with Gasteiger partial charge in [0.15, 0.2) is 0 Å². The first-order valence-corrected chi connectivity index (χ1v) is 9.10. The number of carbonyl (C=O) groups is 1. The van der Waals surface area contributed by atoms with Crippen molar-refractivity contribution in [3.8, 4) is 0 Å². The third-order valence-corrected chi connectivity index (χ3v) is 5.19. The van der Waals surface area contributed by atoms with Crippen LogP contribution >= 0.6 is 12.4 Å². The van der Waals surface area contributed by atoms with Crippen LogP contribution in [-0.2, 0) is 4.79 Å². The molecule has 2 rings (SSSR count). The summed E-state index contributed by atoms with van der Waals surface area (Å²) >= 11 is 0. The second-order valence-electron chi connectivity index (χ2n) is 6.86. The highest BCUT2D eigenvalue weighted by Gasteiger charge is 2.23. The van der Waals surface area contributed by atoms with Crippen molar-refractivity contribution in [3.05, 3.63) is 30.3 Å². The molecule has 3 unspecified atom stereocenters. The van der Waals surface area contributed by atoms with Crippen LogP contribution in [0.2, 0.25) is 0 Å². The molecule has 3 N–H and O–H groups in total. The Morgan fingerprint density at radius 1 is 1.16 bits per heavy atom. The molecule has 1 amide bonds. The quantitative estimate of drug-likeness (QED) is 0.773. The average molecular weight is 369 g/mol. The molecule has 1 fully saturated rings. The summed E-state index contributed by atoms with van der Waals surface area (Å²) in [6.45, 7) is 11.0. The number of hydrogen-bond acceptors (Lipinski definition) is 4. The molecular weight excluding hydrogens is 336 g/mol. The van der Waals surface area contributed by atoms with Gasteiger partial charge in [0.05, 0.1) is 6.04 Å². The van der Waals surface area contributed by atoms with Gasteiger partial charge in [0.25, 0.3) is 0 Å². The van der Waals surface area contributed by atoms with Gasteiger partial charge in [-0.05, 0) is 25.0 Å². The lowest BCUT2D eigenvalue weighted by Crippen LogP contribution is -2.54. The largest absolute Gasteiger partial charge is 0.369 e. The first-order valence-electron chi connectivity index (χ1n) is 9.10. The molecule has 1 heterocycles. The van der Waals surface area contributed by atoms with Gasteiger partial charge in [0.1, 0.15) is 0 Å². The number of anilines is 1. The Kier molecular flexibility index (Phi) is 9.25. The van der Waals surface area contributed by atoms with E-state index in [0.717, 1.165) is 32.6 Å². The first-order chi connectivity index (χ1) is 11.5. The van der Waals surface area contributed by atoms with E-state index in [9.17, 15) is 4.79 Å². The summed E-state index contributed by atoms with van der Waals surface area (Å²) in [6, 6.07) is 10.5. The molecule has 0 radical (unpaired) electrons. The molecule has 0 spiro atoms. The minimum atomic E-state index is -0.405. The minimum absolute atomic E-state index is 0. The summed E-state index contributed by atoms with van der Waals surface area (Å²) in [5, 5.41) is 3.02. The molecule has 6 heteroatoms. The molecule has 25 heavy (non-hydrogen) atoms. The number of nitrogens with two attached hydrogens (primary N) is 1. The molecule has 142 valence electrons. The van der Waals surface area contributed by atoms with E-state index < -0.39 is 6.04 Å². The Bertz CT molecular complexity index is 505. The Hall–Kier alpha value is -1.30. The Balaban J connectivity index is 0.00000312. The SMILES string of the molecule is CCC(C)C(N)C(=O)NCC(C)N1CCN(c2ccccc2)CC1.Cl. The Morgan fingerprint density at radius 2 is 1.76 bits per heavy atom. The number of para-hydroxylation sites is 1. The smallest absolute Gasteiger partial charge is 0.237 e. The Morgan fingerprint density at radius 3 is 2.32 bits per heavy atom. The van der Waals surface area contributed by atoms with E-state index in [2.05, 4.69) is 59.3 Å². The van der Waals surface area contributed by atoms with Crippen LogP contribution < -0.4 is 16.0 Å². The van der Waals surface area contributed by atoms with Gasteiger partial charge in [-0.25, -0.2) is 0 Å². The maximum atomic E-state index is 12.1. The second kappa shape index (κ2) is 10.6. The van der Waals surface area contributed by atoms with E-state index in [-0.39, 0.29) is 24.2 Å². The van der Waals surface area contributed by atoms with Crippen molar-refractivity contribution in [2.45, 2.75) is 39.3 Å². The lowest BCUT2D eigenvalue weighted by atomic mass is 9.99. The van der Waals surface area contributed by atoms with Crippen LogP contribution in [-0.4, -0.2) is 55.6 Å². The van der Waals surface area contributed by atoms with Gasteiger partial charge in [-0.2, -0.15) is 0 Å². The van der Waals surface area contributed by atoms with Crippen molar-refractivity contribution in [2.24, 2.45) is 11.7 Å².